The third kappa shape index (κ3) is 3.92. The second-order valence-electron chi connectivity index (χ2n) is 4.31. The number of methoxy groups -OCH3 is 1. The van der Waals surface area contributed by atoms with Gasteiger partial charge in [-0.1, -0.05) is 46.3 Å². The molecule has 4 nitrogen and oxygen atoms in total. The number of halogens is 1. The van der Waals surface area contributed by atoms with E-state index in [4.69, 9.17) is 0 Å². The quantitative estimate of drug-likeness (QED) is 0.666. The lowest BCUT2D eigenvalue weighted by atomic mass is 10.0. The predicted octanol–water partition coefficient (Wildman–Crippen LogP) is 3.27. The lowest BCUT2D eigenvalue weighted by molar-refractivity contribution is -0.138. The molecule has 0 radical (unpaired) electrons. The van der Waals surface area contributed by atoms with E-state index in [9.17, 15) is 9.59 Å². The van der Waals surface area contributed by atoms with Gasteiger partial charge in [-0.25, -0.2) is 0 Å². The van der Waals surface area contributed by atoms with Crippen LogP contribution in [-0.4, -0.2) is 25.4 Å². The molecule has 0 aliphatic rings. The van der Waals surface area contributed by atoms with Crippen molar-refractivity contribution < 1.29 is 14.3 Å². The zero-order valence-electron chi connectivity index (χ0n) is 11.4. The number of rotatable bonds is 5. The van der Waals surface area contributed by atoms with Gasteiger partial charge in [0, 0.05) is 21.3 Å². The van der Waals surface area contributed by atoms with Gasteiger partial charge >= 0.3 is 5.97 Å². The SMILES string of the molecule is COC(=O)CNc1ccc(Br)cc1C(=O)c1ccccc1. The molecule has 2 aromatic rings. The molecule has 0 spiro atoms. The predicted molar refractivity (Wildman–Crippen MR) is 84.5 cm³/mol. The van der Waals surface area contributed by atoms with E-state index < -0.39 is 5.97 Å². The number of nitrogens with one attached hydrogen (secondary N) is 1. The van der Waals surface area contributed by atoms with Gasteiger partial charge in [-0.15, -0.1) is 0 Å². The van der Waals surface area contributed by atoms with Crippen LogP contribution in [0, 0.1) is 0 Å². The molecule has 0 saturated heterocycles. The zero-order valence-corrected chi connectivity index (χ0v) is 13.0. The number of anilines is 1. The zero-order chi connectivity index (χ0) is 15.2. The van der Waals surface area contributed by atoms with Crippen LogP contribution in [0.3, 0.4) is 0 Å². The van der Waals surface area contributed by atoms with Crippen molar-refractivity contribution in [2.75, 3.05) is 19.0 Å². The first kappa shape index (κ1) is 15.3. The summed E-state index contributed by atoms with van der Waals surface area (Å²) in [4.78, 5) is 23.8. The highest BCUT2D eigenvalue weighted by molar-refractivity contribution is 9.10. The summed E-state index contributed by atoms with van der Waals surface area (Å²) in [6, 6.07) is 14.3. The van der Waals surface area contributed by atoms with Crippen LogP contribution in [0.2, 0.25) is 0 Å². The molecule has 2 aromatic carbocycles. The highest BCUT2D eigenvalue weighted by atomic mass is 79.9. The van der Waals surface area contributed by atoms with Crippen LogP contribution in [0.1, 0.15) is 15.9 Å². The number of esters is 1. The molecule has 0 bridgehead atoms. The maximum absolute atomic E-state index is 12.6. The summed E-state index contributed by atoms with van der Waals surface area (Å²) >= 11 is 3.36. The summed E-state index contributed by atoms with van der Waals surface area (Å²) in [5.41, 5.74) is 1.69. The number of carbonyl (C=O) groups excluding carboxylic acids is 2. The van der Waals surface area contributed by atoms with Crippen molar-refractivity contribution in [2.24, 2.45) is 0 Å². The van der Waals surface area contributed by atoms with Gasteiger partial charge in [0.05, 0.1) is 7.11 Å². The van der Waals surface area contributed by atoms with E-state index in [-0.39, 0.29) is 12.3 Å². The molecule has 0 aliphatic carbocycles. The fraction of sp³-hybridized carbons (Fsp3) is 0.125. The van der Waals surface area contributed by atoms with E-state index in [1.165, 1.54) is 7.11 Å². The van der Waals surface area contributed by atoms with Crippen LogP contribution in [0.4, 0.5) is 5.69 Å². The molecule has 0 unspecified atom stereocenters. The van der Waals surface area contributed by atoms with E-state index in [1.807, 2.05) is 18.2 Å². The Balaban J connectivity index is 2.31. The van der Waals surface area contributed by atoms with Crippen molar-refractivity contribution in [2.45, 2.75) is 0 Å². The molecule has 5 heteroatoms. The van der Waals surface area contributed by atoms with Crippen LogP contribution in [0.5, 0.6) is 0 Å². The second-order valence-corrected chi connectivity index (χ2v) is 5.23. The van der Waals surface area contributed by atoms with Gasteiger partial charge in [0.25, 0.3) is 0 Å². The minimum absolute atomic E-state index is 0.00714. The Morgan fingerprint density at radius 3 is 2.52 bits per heavy atom. The van der Waals surface area contributed by atoms with Crippen molar-refractivity contribution in [3.8, 4) is 0 Å². The van der Waals surface area contributed by atoms with Gasteiger partial charge in [0.2, 0.25) is 0 Å². The van der Waals surface area contributed by atoms with Crippen molar-refractivity contribution in [1.29, 1.82) is 0 Å². The highest BCUT2D eigenvalue weighted by Gasteiger charge is 2.14. The molecule has 108 valence electrons. The second kappa shape index (κ2) is 7.04. The van der Waals surface area contributed by atoms with Crippen LogP contribution >= 0.6 is 15.9 Å². The van der Waals surface area contributed by atoms with Crippen molar-refractivity contribution in [1.82, 2.24) is 0 Å². The molecule has 1 N–H and O–H groups in total. The maximum Gasteiger partial charge on any atom is 0.325 e. The monoisotopic (exact) mass is 347 g/mol. The Bertz CT molecular complexity index is 656. The van der Waals surface area contributed by atoms with Crippen LogP contribution in [-0.2, 0) is 9.53 Å². The molecule has 2 rings (SSSR count). The molecule has 0 fully saturated rings. The topological polar surface area (TPSA) is 55.4 Å². The van der Waals surface area contributed by atoms with Crippen LogP contribution < -0.4 is 5.32 Å². The number of benzene rings is 2. The summed E-state index contributed by atoms with van der Waals surface area (Å²) in [6.07, 6.45) is 0. The lowest BCUT2D eigenvalue weighted by Crippen LogP contribution is -2.17. The third-order valence-electron chi connectivity index (χ3n) is 2.91. The molecule has 0 amide bonds. The molecule has 0 heterocycles. The number of hydrogen-bond donors (Lipinski definition) is 1. The summed E-state index contributed by atoms with van der Waals surface area (Å²) in [5.74, 6) is -0.500. The standard InChI is InChI=1S/C16H14BrNO3/c1-21-15(19)10-18-14-8-7-12(17)9-13(14)16(20)11-5-3-2-4-6-11/h2-9,18H,10H2,1H3. The summed E-state index contributed by atoms with van der Waals surface area (Å²) in [5, 5.41) is 2.93. The van der Waals surface area contributed by atoms with Crippen molar-refractivity contribution >= 4 is 33.4 Å². The van der Waals surface area contributed by atoms with E-state index in [0.717, 1.165) is 4.47 Å². The minimum Gasteiger partial charge on any atom is -0.468 e. The van der Waals surface area contributed by atoms with Crippen molar-refractivity contribution in [3.63, 3.8) is 0 Å². The van der Waals surface area contributed by atoms with E-state index in [0.29, 0.717) is 16.8 Å². The van der Waals surface area contributed by atoms with Gasteiger partial charge < -0.3 is 10.1 Å². The smallest absolute Gasteiger partial charge is 0.325 e. The van der Waals surface area contributed by atoms with Gasteiger partial charge in [-0.3, -0.25) is 9.59 Å². The molecule has 0 aliphatic heterocycles. The maximum atomic E-state index is 12.6. The Hall–Kier alpha value is -2.14. The van der Waals surface area contributed by atoms with Crippen LogP contribution in [0.15, 0.2) is 53.0 Å². The van der Waals surface area contributed by atoms with Gasteiger partial charge in [-0.2, -0.15) is 0 Å². The fourth-order valence-corrected chi connectivity index (χ4v) is 2.20. The molecular weight excluding hydrogens is 334 g/mol. The first-order valence-corrected chi connectivity index (χ1v) is 7.11. The normalized spacial score (nSPS) is 10.0. The van der Waals surface area contributed by atoms with Gasteiger partial charge in [0.1, 0.15) is 6.54 Å². The van der Waals surface area contributed by atoms with E-state index in [1.54, 1.807) is 30.3 Å². The first-order chi connectivity index (χ1) is 10.1. The molecule has 0 atom stereocenters. The largest absolute Gasteiger partial charge is 0.468 e. The Kier molecular flexibility index (Phi) is 5.11. The molecule has 0 saturated carbocycles. The summed E-state index contributed by atoms with van der Waals surface area (Å²) in [6.45, 7) is 0.00714. The number of ether oxygens (including phenoxy) is 1. The Morgan fingerprint density at radius 1 is 1.14 bits per heavy atom. The number of ketones is 1. The summed E-state index contributed by atoms with van der Waals surface area (Å²) < 4.78 is 5.38. The molecule has 0 aromatic heterocycles. The van der Waals surface area contributed by atoms with Gasteiger partial charge in [-0.05, 0) is 18.2 Å². The van der Waals surface area contributed by atoms with Crippen molar-refractivity contribution in [3.05, 3.63) is 64.1 Å². The minimum atomic E-state index is -0.393. The number of carbonyl (C=O) groups is 2. The highest BCUT2D eigenvalue weighted by Crippen LogP contribution is 2.23. The van der Waals surface area contributed by atoms with Crippen LogP contribution in [0.25, 0.3) is 0 Å². The lowest BCUT2D eigenvalue weighted by Gasteiger charge is -2.11. The van der Waals surface area contributed by atoms with E-state index >= 15 is 0 Å². The Morgan fingerprint density at radius 2 is 1.86 bits per heavy atom. The Labute approximate surface area is 131 Å². The van der Waals surface area contributed by atoms with Gasteiger partial charge in [0.15, 0.2) is 5.78 Å². The third-order valence-corrected chi connectivity index (χ3v) is 3.41. The summed E-state index contributed by atoms with van der Waals surface area (Å²) in [7, 11) is 1.32. The molecule has 21 heavy (non-hydrogen) atoms. The molecular formula is C16H14BrNO3. The fourth-order valence-electron chi connectivity index (χ4n) is 1.84. The average molecular weight is 348 g/mol. The number of hydrogen-bond acceptors (Lipinski definition) is 4. The van der Waals surface area contributed by atoms with E-state index in [2.05, 4.69) is 26.0 Å². The average Bonchev–Trinajstić information content (AvgIpc) is 2.53. The first-order valence-electron chi connectivity index (χ1n) is 6.32.